The van der Waals surface area contributed by atoms with Gasteiger partial charge in [0.15, 0.2) is 5.96 Å². The van der Waals surface area contributed by atoms with Gasteiger partial charge in [-0.05, 0) is 85.3 Å². The molecule has 0 amide bonds. The van der Waals surface area contributed by atoms with Crippen molar-refractivity contribution in [2.24, 2.45) is 35.2 Å². The van der Waals surface area contributed by atoms with E-state index < -0.39 is 0 Å². The Morgan fingerprint density at radius 2 is 1.88 bits per heavy atom. The number of fused-ring (bicyclic) bond motifs is 3. The summed E-state index contributed by atoms with van der Waals surface area (Å²) in [5.41, 5.74) is 1.97. The van der Waals surface area contributed by atoms with E-state index in [2.05, 4.69) is 43.2 Å². The summed E-state index contributed by atoms with van der Waals surface area (Å²) < 4.78 is 16.1. The molecule has 4 fully saturated rings. The van der Waals surface area contributed by atoms with Gasteiger partial charge in [0, 0.05) is 45.0 Å². The van der Waals surface area contributed by atoms with Gasteiger partial charge in [-0.15, -0.1) is 0 Å². The molecule has 8 nitrogen and oxygen atoms in total. The highest BCUT2D eigenvalue weighted by atomic mass is 19.1. The number of guanidine groups is 1. The van der Waals surface area contributed by atoms with Gasteiger partial charge in [0.25, 0.3) is 5.56 Å². The van der Waals surface area contributed by atoms with Crippen LogP contribution in [0, 0.1) is 29.0 Å². The SMILES string of the molecule is C[C@@H]1C(N=C(Nc2ccc3c(=O)n(CCc4ccc(F)cc4)c(=O)n(C)c3c2)N2CCN[C@@H](C)C2)C[C@@H]2C[C@H]1C2(C)C. The van der Waals surface area contributed by atoms with Gasteiger partial charge in [0.2, 0.25) is 0 Å². The summed E-state index contributed by atoms with van der Waals surface area (Å²) in [4.78, 5) is 34.4. The van der Waals surface area contributed by atoms with Gasteiger partial charge in [-0.25, -0.2) is 14.2 Å². The molecule has 1 aromatic heterocycles. The molecule has 2 bridgehead atoms. The molecule has 3 saturated carbocycles. The number of anilines is 1. The molecule has 1 unspecified atom stereocenters. The fourth-order valence-corrected chi connectivity index (χ4v) is 7.57. The molecule has 224 valence electrons. The highest BCUT2D eigenvalue weighted by Gasteiger charge is 2.56. The Labute approximate surface area is 246 Å². The lowest BCUT2D eigenvalue weighted by Gasteiger charge is -2.61. The quantitative estimate of drug-likeness (QED) is 0.352. The minimum absolute atomic E-state index is 0.226. The van der Waals surface area contributed by atoms with Crippen LogP contribution in [-0.4, -0.2) is 51.7 Å². The minimum Gasteiger partial charge on any atom is -0.340 e. The number of hydrogen-bond acceptors (Lipinski definition) is 4. The highest BCUT2D eigenvalue weighted by Crippen LogP contribution is 2.61. The molecule has 2 N–H and O–H groups in total. The minimum atomic E-state index is -0.366. The molecule has 42 heavy (non-hydrogen) atoms. The van der Waals surface area contributed by atoms with E-state index >= 15 is 0 Å². The first-order valence-corrected chi connectivity index (χ1v) is 15.3. The molecular formula is C33H43FN6O2. The van der Waals surface area contributed by atoms with Crippen molar-refractivity contribution in [2.75, 3.05) is 25.0 Å². The van der Waals surface area contributed by atoms with Crippen molar-refractivity contribution in [3.63, 3.8) is 0 Å². The molecule has 1 saturated heterocycles. The number of benzene rings is 2. The van der Waals surface area contributed by atoms with E-state index in [9.17, 15) is 14.0 Å². The Balaban J connectivity index is 1.29. The van der Waals surface area contributed by atoms with Crippen LogP contribution in [0.25, 0.3) is 10.9 Å². The summed E-state index contributed by atoms with van der Waals surface area (Å²) in [6, 6.07) is 12.4. The lowest BCUT2D eigenvalue weighted by Crippen LogP contribution is -2.57. The molecule has 4 aliphatic rings. The smallest absolute Gasteiger partial charge is 0.331 e. The van der Waals surface area contributed by atoms with E-state index in [4.69, 9.17) is 4.99 Å². The van der Waals surface area contributed by atoms with Crippen LogP contribution in [0.3, 0.4) is 0 Å². The predicted molar refractivity (Wildman–Crippen MR) is 167 cm³/mol. The summed E-state index contributed by atoms with van der Waals surface area (Å²) in [6.45, 7) is 12.2. The summed E-state index contributed by atoms with van der Waals surface area (Å²) in [5, 5.41) is 7.61. The molecule has 2 heterocycles. The highest BCUT2D eigenvalue weighted by molar-refractivity contribution is 5.96. The van der Waals surface area contributed by atoms with Crippen molar-refractivity contribution < 1.29 is 4.39 Å². The first-order valence-electron chi connectivity index (χ1n) is 15.3. The van der Waals surface area contributed by atoms with Crippen LogP contribution in [0.2, 0.25) is 0 Å². The zero-order valence-electron chi connectivity index (χ0n) is 25.4. The van der Waals surface area contributed by atoms with Crippen LogP contribution in [0.1, 0.15) is 46.1 Å². The van der Waals surface area contributed by atoms with Crippen molar-refractivity contribution in [1.29, 1.82) is 0 Å². The van der Waals surface area contributed by atoms with Crippen molar-refractivity contribution in [2.45, 2.75) is 65.6 Å². The summed E-state index contributed by atoms with van der Waals surface area (Å²) in [5.74, 6) is 2.50. The molecule has 2 aromatic carbocycles. The molecule has 5 atom stereocenters. The molecule has 3 aliphatic carbocycles. The fourth-order valence-electron chi connectivity index (χ4n) is 7.57. The standard InChI is InChI=1S/C33H43FN6O2/c1-20-19-39(15-13-35-20)31(37-28-17-23-16-27(21(28)2)33(23,3)4)36-25-10-11-26-29(18-25)38(5)32(42)40(30(26)41)14-12-22-6-8-24(34)9-7-22/h6-11,18,20-21,23,27-28,35H,12-17,19H2,1-5H3,(H,36,37)/t20-,21-,23-,27+,28?/m0/s1. The Bertz CT molecular complexity index is 1620. The molecule has 0 radical (unpaired) electrons. The second kappa shape index (κ2) is 11.0. The van der Waals surface area contributed by atoms with Gasteiger partial charge in [-0.2, -0.15) is 0 Å². The second-order valence-electron chi connectivity index (χ2n) is 13.3. The predicted octanol–water partition coefficient (Wildman–Crippen LogP) is 4.21. The van der Waals surface area contributed by atoms with Crippen LogP contribution in [0.15, 0.2) is 57.0 Å². The maximum Gasteiger partial charge on any atom is 0.331 e. The second-order valence-corrected chi connectivity index (χ2v) is 13.3. The fraction of sp³-hybridized carbons (Fsp3) is 0.545. The number of nitrogens with zero attached hydrogens (tertiary/aromatic N) is 4. The summed E-state index contributed by atoms with van der Waals surface area (Å²) in [6.07, 6.45) is 2.89. The maximum atomic E-state index is 13.4. The van der Waals surface area contributed by atoms with Gasteiger partial charge in [0.1, 0.15) is 5.82 Å². The Morgan fingerprint density at radius 3 is 2.57 bits per heavy atom. The van der Waals surface area contributed by atoms with Crippen molar-refractivity contribution in [3.8, 4) is 0 Å². The van der Waals surface area contributed by atoms with Gasteiger partial charge in [-0.1, -0.05) is 32.9 Å². The van der Waals surface area contributed by atoms with E-state index in [-0.39, 0.29) is 29.7 Å². The number of hydrogen-bond donors (Lipinski definition) is 2. The average Bonchev–Trinajstić information content (AvgIpc) is 2.97. The van der Waals surface area contributed by atoms with Crippen LogP contribution in [0.4, 0.5) is 10.1 Å². The topological polar surface area (TPSA) is 83.7 Å². The first-order chi connectivity index (χ1) is 20.0. The lowest BCUT2D eigenvalue weighted by molar-refractivity contribution is -0.108. The molecule has 9 heteroatoms. The van der Waals surface area contributed by atoms with E-state index in [1.165, 1.54) is 27.7 Å². The van der Waals surface area contributed by atoms with E-state index in [1.54, 1.807) is 25.2 Å². The monoisotopic (exact) mass is 574 g/mol. The van der Waals surface area contributed by atoms with Crippen LogP contribution in [-0.2, 0) is 20.0 Å². The maximum absolute atomic E-state index is 13.4. The largest absolute Gasteiger partial charge is 0.340 e. The number of aromatic nitrogens is 2. The number of halogens is 1. The number of rotatable bonds is 5. The third-order valence-corrected chi connectivity index (χ3v) is 10.4. The number of piperazine rings is 1. The van der Waals surface area contributed by atoms with Crippen LogP contribution in [0.5, 0.6) is 0 Å². The van der Waals surface area contributed by atoms with E-state index in [0.29, 0.717) is 40.6 Å². The molecular weight excluding hydrogens is 531 g/mol. The van der Waals surface area contributed by atoms with Crippen molar-refractivity contribution in [3.05, 3.63) is 74.7 Å². The van der Waals surface area contributed by atoms with Gasteiger partial charge < -0.3 is 15.5 Å². The van der Waals surface area contributed by atoms with Gasteiger partial charge in [0.05, 0.1) is 16.9 Å². The third kappa shape index (κ3) is 5.16. The molecule has 7 rings (SSSR count). The average molecular weight is 575 g/mol. The Hall–Kier alpha value is -3.46. The van der Waals surface area contributed by atoms with Gasteiger partial charge >= 0.3 is 5.69 Å². The van der Waals surface area contributed by atoms with E-state index in [0.717, 1.165) is 49.2 Å². The number of aliphatic imine (C=N–C) groups is 1. The third-order valence-electron chi connectivity index (χ3n) is 10.4. The van der Waals surface area contributed by atoms with Crippen LogP contribution >= 0.6 is 0 Å². The van der Waals surface area contributed by atoms with Crippen molar-refractivity contribution in [1.82, 2.24) is 19.4 Å². The summed E-state index contributed by atoms with van der Waals surface area (Å²) >= 11 is 0. The molecule has 3 aromatic rings. The number of aryl methyl sites for hydroxylation is 2. The van der Waals surface area contributed by atoms with Gasteiger partial charge in [-0.3, -0.25) is 13.9 Å². The lowest BCUT2D eigenvalue weighted by atomic mass is 9.45. The Morgan fingerprint density at radius 1 is 1.12 bits per heavy atom. The van der Waals surface area contributed by atoms with Crippen LogP contribution < -0.4 is 21.9 Å². The number of nitrogens with one attached hydrogen (secondary N) is 2. The van der Waals surface area contributed by atoms with Crippen molar-refractivity contribution >= 4 is 22.5 Å². The molecule has 1 aliphatic heterocycles. The summed E-state index contributed by atoms with van der Waals surface area (Å²) in [7, 11) is 1.70. The first kappa shape index (κ1) is 28.6. The zero-order valence-corrected chi connectivity index (χ0v) is 25.4. The van der Waals surface area contributed by atoms with E-state index in [1.807, 2.05) is 12.1 Å². The normalized spacial score (nSPS) is 27.1. The molecule has 0 spiro atoms. The zero-order chi connectivity index (χ0) is 29.8. The Kier molecular flexibility index (Phi) is 7.50.